The number of carbonyl (C=O) groups excluding carboxylic acids is 1. The standard InChI is InChI=1S/C20H30N2O3.CH2O3/c1-24-19-13-16(20(23)22-17-5-3-2-4-6-17)7-8-18(19)25-14-15-9-11-21-12-10-15;2-1(3)4/h7-8,13,15,17,21H,2-6,9-12,14H2,1H3,(H,22,23);(H2,2,3,4). The van der Waals surface area contributed by atoms with E-state index in [-0.39, 0.29) is 5.91 Å². The molecule has 2 aliphatic rings. The number of nitrogens with one attached hydrogen (secondary N) is 2. The van der Waals surface area contributed by atoms with Crippen molar-refractivity contribution in [3.8, 4) is 11.5 Å². The average molecular weight is 408 g/mol. The van der Waals surface area contributed by atoms with Crippen molar-refractivity contribution in [1.29, 1.82) is 0 Å². The number of piperidine rings is 1. The third-order valence-electron chi connectivity index (χ3n) is 5.30. The van der Waals surface area contributed by atoms with Crippen molar-refractivity contribution >= 4 is 12.1 Å². The van der Waals surface area contributed by atoms with Gasteiger partial charge in [-0.3, -0.25) is 4.79 Å². The highest BCUT2D eigenvalue weighted by Crippen LogP contribution is 2.29. The lowest BCUT2D eigenvalue weighted by Gasteiger charge is -2.24. The number of amides is 1. The maximum absolute atomic E-state index is 12.5. The van der Waals surface area contributed by atoms with Crippen LogP contribution in [-0.2, 0) is 0 Å². The van der Waals surface area contributed by atoms with Crippen LogP contribution in [0.1, 0.15) is 55.3 Å². The van der Waals surface area contributed by atoms with Gasteiger partial charge in [0.1, 0.15) is 0 Å². The smallest absolute Gasteiger partial charge is 0.493 e. The van der Waals surface area contributed by atoms with E-state index >= 15 is 0 Å². The van der Waals surface area contributed by atoms with E-state index in [1.54, 1.807) is 13.2 Å². The van der Waals surface area contributed by atoms with E-state index in [1.165, 1.54) is 19.3 Å². The lowest BCUT2D eigenvalue weighted by atomic mass is 9.95. The highest BCUT2D eigenvalue weighted by atomic mass is 16.6. The quantitative estimate of drug-likeness (QED) is 0.570. The van der Waals surface area contributed by atoms with E-state index in [2.05, 4.69) is 10.6 Å². The molecule has 1 aromatic rings. The summed E-state index contributed by atoms with van der Waals surface area (Å²) in [7, 11) is 1.62. The largest absolute Gasteiger partial charge is 0.503 e. The van der Waals surface area contributed by atoms with E-state index in [4.69, 9.17) is 24.5 Å². The van der Waals surface area contributed by atoms with E-state index in [0.717, 1.165) is 44.5 Å². The maximum atomic E-state index is 12.5. The normalized spacial score (nSPS) is 17.6. The minimum atomic E-state index is -1.83. The number of methoxy groups -OCH3 is 1. The SMILES string of the molecule is COc1cc(C(=O)NC2CCCCC2)ccc1OCC1CCNCC1.O=C(O)O. The summed E-state index contributed by atoms with van der Waals surface area (Å²) < 4.78 is 11.4. The van der Waals surface area contributed by atoms with E-state index in [1.807, 2.05) is 12.1 Å². The van der Waals surface area contributed by atoms with Crippen LogP contribution >= 0.6 is 0 Å². The van der Waals surface area contributed by atoms with E-state index in [0.29, 0.717) is 29.9 Å². The van der Waals surface area contributed by atoms with Crippen molar-refractivity contribution in [2.75, 3.05) is 26.8 Å². The minimum Gasteiger partial charge on any atom is -0.493 e. The number of carbonyl (C=O) groups is 2. The Morgan fingerprint density at radius 2 is 1.72 bits per heavy atom. The number of hydrogen-bond donors (Lipinski definition) is 4. The molecule has 0 bridgehead atoms. The van der Waals surface area contributed by atoms with Gasteiger partial charge in [0.05, 0.1) is 13.7 Å². The molecule has 1 aliphatic carbocycles. The van der Waals surface area contributed by atoms with E-state index in [9.17, 15) is 4.79 Å². The highest BCUT2D eigenvalue weighted by molar-refractivity contribution is 5.95. The van der Waals surface area contributed by atoms with Crippen LogP contribution in [0.4, 0.5) is 4.79 Å². The van der Waals surface area contributed by atoms with Crippen molar-refractivity contribution < 1.29 is 29.3 Å². The second kappa shape index (κ2) is 12.2. The molecule has 8 heteroatoms. The molecule has 0 radical (unpaired) electrons. The number of hydrogen-bond acceptors (Lipinski definition) is 5. The van der Waals surface area contributed by atoms with Crippen LogP contribution in [0.5, 0.6) is 11.5 Å². The second-order valence-corrected chi connectivity index (χ2v) is 7.46. The summed E-state index contributed by atoms with van der Waals surface area (Å²) in [5.74, 6) is 1.91. The monoisotopic (exact) mass is 408 g/mol. The Balaban J connectivity index is 0.000000687. The summed E-state index contributed by atoms with van der Waals surface area (Å²) in [4.78, 5) is 21.0. The van der Waals surface area contributed by atoms with Gasteiger partial charge in [0.2, 0.25) is 0 Å². The number of rotatable bonds is 6. The second-order valence-electron chi connectivity index (χ2n) is 7.46. The third kappa shape index (κ3) is 8.19. The van der Waals surface area contributed by atoms with Gasteiger partial charge in [0.15, 0.2) is 11.5 Å². The Hall–Kier alpha value is -2.48. The highest BCUT2D eigenvalue weighted by Gasteiger charge is 2.19. The number of carboxylic acid groups (broad SMARTS) is 2. The van der Waals surface area contributed by atoms with Crippen LogP contribution in [0.25, 0.3) is 0 Å². The van der Waals surface area contributed by atoms with Crippen molar-refractivity contribution in [3.05, 3.63) is 23.8 Å². The van der Waals surface area contributed by atoms with Crippen molar-refractivity contribution in [3.63, 3.8) is 0 Å². The van der Waals surface area contributed by atoms with Gasteiger partial charge in [-0.05, 0) is 62.9 Å². The predicted molar refractivity (Wildman–Crippen MR) is 109 cm³/mol. The first kappa shape index (κ1) is 22.8. The van der Waals surface area contributed by atoms with Crippen LogP contribution in [0.3, 0.4) is 0 Å². The summed E-state index contributed by atoms with van der Waals surface area (Å²) in [6, 6.07) is 5.78. The summed E-state index contributed by atoms with van der Waals surface area (Å²) in [5.41, 5.74) is 0.636. The van der Waals surface area contributed by atoms with Gasteiger partial charge in [-0.15, -0.1) is 0 Å². The van der Waals surface area contributed by atoms with Crippen molar-refractivity contribution in [2.45, 2.75) is 51.0 Å². The molecule has 29 heavy (non-hydrogen) atoms. The fraction of sp³-hybridized carbons (Fsp3) is 0.619. The van der Waals surface area contributed by atoms with Gasteiger partial charge in [0.25, 0.3) is 5.91 Å². The van der Waals surface area contributed by atoms with Crippen LogP contribution in [0.15, 0.2) is 18.2 Å². The van der Waals surface area contributed by atoms with Gasteiger partial charge >= 0.3 is 6.16 Å². The third-order valence-corrected chi connectivity index (χ3v) is 5.30. The molecule has 1 aliphatic heterocycles. The van der Waals surface area contributed by atoms with Gasteiger partial charge in [-0.25, -0.2) is 4.79 Å². The number of ether oxygens (including phenoxy) is 2. The first-order valence-corrected chi connectivity index (χ1v) is 10.2. The Kier molecular flexibility index (Phi) is 9.56. The molecule has 0 atom stereocenters. The van der Waals surface area contributed by atoms with Gasteiger partial charge < -0.3 is 30.3 Å². The van der Waals surface area contributed by atoms with Crippen LogP contribution < -0.4 is 20.1 Å². The molecule has 1 aromatic carbocycles. The van der Waals surface area contributed by atoms with E-state index < -0.39 is 6.16 Å². The van der Waals surface area contributed by atoms with Crippen LogP contribution in [0, 0.1) is 5.92 Å². The minimum absolute atomic E-state index is 0.0184. The lowest BCUT2D eigenvalue weighted by molar-refractivity contribution is 0.0927. The van der Waals surface area contributed by atoms with Crippen molar-refractivity contribution in [1.82, 2.24) is 10.6 Å². The molecule has 0 aromatic heterocycles. The zero-order valence-electron chi connectivity index (χ0n) is 17.0. The topological polar surface area (TPSA) is 117 Å². The Morgan fingerprint density at radius 1 is 1.07 bits per heavy atom. The molecule has 1 saturated carbocycles. The number of benzene rings is 1. The molecule has 1 heterocycles. The molecule has 3 rings (SSSR count). The predicted octanol–water partition coefficient (Wildman–Crippen LogP) is 3.36. The molecule has 1 amide bonds. The molecule has 2 fully saturated rings. The summed E-state index contributed by atoms with van der Waals surface area (Å²) in [6.45, 7) is 2.82. The zero-order chi connectivity index (χ0) is 21.1. The fourth-order valence-electron chi connectivity index (χ4n) is 3.70. The molecular weight excluding hydrogens is 376 g/mol. The molecular formula is C21H32N2O6. The maximum Gasteiger partial charge on any atom is 0.503 e. The Labute approximate surface area is 171 Å². The lowest BCUT2D eigenvalue weighted by Crippen LogP contribution is -2.36. The summed E-state index contributed by atoms with van der Waals surface area (Å²) in [5, 5.41) is 20.5. The summed E-state index contributed by atoms with van der Waals surface area (Å²) >= 11 is 0. The summed E-state index contributed by atoms with van der Waals surface area (Å²) in [6.07, 6.45) is 6.31. The van der Waals surface area contributed by atoms with Gasteiger partial charge in [-0.2, -0.15) is 0 Å². The van der Waals surface area contributed by atoms with Gasteiger partial charge in [-0.1, -0.05) is 19.3 Å². The average Bonchev–Trinajstić information content (AvgIpc) is 2.73. The molecule has 1 saturated heterocycles. The molecule has 162 valence electrons. The fourth-order valence-corrected chi connectivity index (χ4v) is 3.70. The van der Waals surface area contributed by atoms with Crippen LogP contribution in [-0.4, -0.2) is 55.1 Å². The molecule has 0 spiro atoms. The molecule has 4 N–H and O–H groups in total. The Bertz CT molecular complexity index is 651. The molecule has 8 nitrogen and oxygen atoms in total. The Morgan fingerprint density at radius 3 is 2.34 bits per heavy atom. The van der Waals surface area contributed by atoms with Crippen LogP contribution in [0.2, 0.25) is 0 Å². The molecule has 0 unspecified atom stereocenters. The van der Waals surface area contributed by atoms with Crippen molar-refractivity contribution in [2.24, 2.45) is 5.92 Å². The van der Waals surface area contributed by atoms with Gasteiger partial charge in [0, 0.05) is 11.6 Å². The first-order valence-electron chi connectivity index (χ1n) is 10.2. The zero-order valence-corrected chi connectivity index (χ0v) is 17.0. The first-order chi connectivity index (χ1) is 14.0.